The van der Waals surface area contributed by atoms with Crippen LogP contribution in [0.3, 0.4) is 0 Å². The Labute approximate surface area is 181 Å². The summed E-state index contributed by atoms with van der Waals surface area (Å²) in [7, 11) is -2.11. The van der Waals surface area contributed by atoms with Crippen LogP contribution < -0.4 is 9.62 Å². The largest absolute Gasteiger partial charge is 0.310 e. The molecule has 2 aromatic heterocycles. The number of sulfonamides is 1. The number of hydrogen-bond donors (Lipinski definition) is 1. The van der Waals surface area contributed by atoms with Gasteiger partial charge in [0, 0.05) is 31.4 Å². The number of nitrogens with zero attached hydrogens (tertiary/aromatic N) is 4. The van der Waals surface area contributed by atoms with Gasteiger partial charge in [-0.25, -0.2) is 18.1 Å². The van der Waals surface area contributed by atoms with E-state index in [0.29, 0.717) is 0 Å². The Morgan fingerprint density at radius 2 is 1.90 bits per heavy atom. The fourth-order valence-electron chi connectivity index (χ4n) is 3.69. The van der Waals surface area contributed by atoms with Gasteiger partial charge in [0.05, 0.1) is 10.6 Å². The highest BCUT2D eigenvalue weighted by Gasteiger charge is 2.27. The topological polar surface area (TPSA) is 97.2 Å². The molecular formula is C22H23N5O3S. The number of fused-ring (bicyclic) bond motifs is 1. The molecule has 3 aromatic rings. The minimum atomic E-state index is -3.94. The lowest BCUT2D eigenvalue weighted by Gasteiger charge is -2.19. The van der Waals surface area contributed by atoms with Gasteiger partial charge in [-0.05, 0) is 50.1 Å². The number of rotatable bonds is 5. The van der Waals surface area contributed by atoms with Gasteiger partial charge in [0.2, 0.25) is 0 Å². The Morgan fingerprint density at radius 1 is 1.16 bits per heavy atom. The summed E-state index contributed by atoms with van der Waals surface area (Å²) >= 11 is 0. The molecule has 0 bridgehead atoms. The second-order valence-corrected chi connectivity index (χ2v) is 9.13. The van der Waals surface area contributed by atoms with Gasteiger partial charge >= 0.3 is 0 Å². The number of nitrogens with one attached hydrogen (secondary N) is 1. The smallest absolute Gasteiger partial charge is 0.264 e. The van der Waals surface area contributed by atoms with Crippen molar-refractivity contribution in [2.24, 2.45) is 7.05 Å². The first kappa shape index (κ1) is 20.8. The minimum absolute atomic E-state index is 0.0397. The molecule has 1 N–H and O–H groups in total. The van der Waals surface area contributed by atoms with E-state index >= 15 is 0 Å². The third kappa shape index (κ3) is 4.09. The van der Waals surface area contributed by atoms with E-state index in [4.69, 9.17) is 0 Å². The van der Waals surface area contributed by atoms with Crippen molar-refractivity contribution in [3.63, 3.8) is 0 Å². The molecule has 0 atom stereocenters. The predicted molar refractivity (Wildman–Crippen MR) is 118 cm³/mol. The first-order valence-electron chi connectivity index (χ1n) is 9.83. The maximum atomic E-state index is 12.5. The quantitative estimate of drug-likeness (QED) is 0.617. The molecule has 4 rings (SSSR count). The van der Waals surface area contributed by atoms with Crippen molar-refractivity contribution in [1.29, 1.82) is 0 Å². The number of aryl methyl sites for hydroxylation is 3. The Balaban J connectivity index is 1.59. The lowest BCUT2D eigenvalue weighted by atomic mass is 10.2. The Kier molecular flexibility index (Phi) is 5.36. The lowest BCUT2D eigenvalue weighted by Crippen LogP contribution is -2.29. The van der Waals surface area contributed by atoms with Gasteiger partial charge in [0.15, 0.2) is 0 Å². The van der Waals surface area contributed by atoms with Gasteiger partial charge in [-0.2, -0.15) is 5.10 Å². The maximum Gasteiger partial charge on any atom is 0.264 e. The van der Waals surface area contributed by atoms with Crippen molar-refractivity contribution in [3.8, 4) is 0 Å². The molecule has 0 saturated heterocycles. The number of carbonyl (C=O) groups is 1. The van der Waals surface area contributed by atoms with Crippen LogP contribution in [0, 0.1) is 13.8 Å². The minimum Gasteiger partial charge on any atom is -0.310 e. The highest BCUT2D eigenvalue weighted by Crippen LogP contribution is 2.35. The molecule has 1 amide bonds. The second-order valence-electron chi connectivity index (χ2n) is 7.45. The van der Waals surface area contributed by atoms with Crippen molar-refractivity contribution in [3.05, 3.63) is 71.1 Å². The summed E-state index contributed by atoms with van der Waals surface area (Å²) < 4.78 is 28.7. The summed E-state index contributed by atoms with van der Waals surface area (Å²) in [5, 5.41) is 4.48. The van der Waals surface area contributed by atoms with E-state index < -0.39 is 15.9 Å². The third-order valence-electron chi connectivity index (χ3n) is 5.19. The Bertz CT molecular complexity index is 1280. The van der Waals surface area contributed by atoms with E-state index in [-0.39, 0.29) is 4.90 Å². The molecular weight excluding hydrogens is 414 g/mol. The van der Waals surface area contributed by atoms with Crippen LogP contribution in [0.4, 0.5) is 11.6 Å². The summed E-state index contributed by atoms with van der Waals surface area (Å²) in [6, 6.07) is 10.3. The van der Waals surface area contributed by atoms with Crippen molar-refractivity contribution in [1.82, 2.24) is 19.5 Å². The van der Waals surface area contributed by atoms with Gasteiger partial charge in [-0.15, -0.1) is 0 Å². The van der Waals surface area contributed by atoms with Crippen molar-refractivity contribution in [2.45, 2.75) is 25.2 Å². The van der Waals surface area contributed by atoms with E-state index in [1.807, 2.05) is 33.0 Å². The molecule has 0 aliphatic carbocycles. The van der Waals surface area contributed by atoms with Gasteiger partial charge in [0.25, 0.3) is 15.9 Å². The molecule has 1 aliphatic rings. The molecule has 0 saturated carbocycles. The van der Waals surface area contributed by atoms with Gasteiger partial charge in [-0.3, -0.25) is 9.48 Å². The number of aromatic nitrogens is 3. The van der Waals surface area contributed by atoms with Crippen LogP contribution in [-0.4, -0.2) is 35.6 Å². The molecule has 160 valence electrons. The average molecular weight is 438 g/mol. The Hall–Kier alpha value is -3.46. The van der Waals surface area contributed by atoms with E-state index in [0.717, 1.165) is 47.0 Å². The molecule has 3 heterocycles. The molecule has 31 heavy (non-hydrogen) atoms. The fraction of sp³-hybridized carbons (Fsp3) is 0.227. The number of carbonyl (C=O) groups excluding carboxylic acids is 1. The standard InChI is InChI=1S/C22H23N5O3S/c1-15-6-8-18(9-7-15)31(29,30)25-20(28)11-10-19-16(2)24-26(3)22(19)27-14-12-17-5-4-13-23-21(17)27/h4-11,13H,12,14H2,1-3H3,(H,25,28)/b11-10+. The van der Waals surface area contributed by atoms with Crippen LogP contribution in [0.1, 0.15) is 22.4 Å². The predicted octanol–water partition coefficient (Wildman–Crippen LogP) is 2.64. The van der Waals surface area contributed by atoms with Crippen molar-refractivity contribution in [2.75, 3.05) is 11.4 Å². The molecule has 0 unspecified atom stereocenters. The van der Waals surface area contributed by atoms with E-state index in [2.05, 4.69) is 19.7 Å². The molecule has 1 aromatic carbocycles. The van der Waals surface area contributed by atoms with Gasteiger partial charge in [0.1, 0.15) is 11.6 Å². The van der Waals surface area contributed by atoms with Crippen LogP contribution in [0.15, 0.2) is 53.6 Å². The van der Waals surface area contributed by atoms with Crippen LogP contribution in [0.5, 0.6) is 0 Å². The summed E-state index contributed by atoms with van der Waals surface area (Å²) in [5.74, 6) is 0.946. The van der Waals surface area contributed by atoms with E-state index in [9.17, 15) is 13.2 Å². The average Bonchev–Trinajstić information content (AvgIpc) is 3.26. The first-order valence-corrected chi connectivity index (χ1v) is 11.3. The van der Waals surface area contributed by atoms with Crippen molar-refractivity contribution >= 4 is 33.6 Å². The Morgan fingerprint density at radius 3 is 2.65 bits per heavy atom. The zero-order valence-electron chi connectivity index (χ0n) is 17.5. The monoisotopic (exact) mass is 437 g/mol. The molecule has 1 aliphatic heterocycles. The van der Waals surface area contributed by atoms with Gasteiger partial charge in [-0.1, -0.05) is 23.8 Å². The van der Waals surface area contributed by atoms with Crippen LogP contribution >= 0.6 is 0 Å². The van der Waals surface area contributed by atoms with Gasteiger partial charge < -0.3 is 4.90 Å². The summed E-state index contributed by atoms with van der Waals surface area (Å²) in [6.45, 7) is 4.46. The fourth-order valence-corrected chi connectivity index (χ4v) is 4.64. The zero-order valence-corrected chi connectivity index (χ0v) is 18.3. The number of pyridine rings is 1. The zero-order chi connectivity index (χ0) is 22.2. The summed E-state index contributed by atoms with van der Waals surface area (Å²) in [4.78, 5) is 19.0. The number of amides is 1. The number of benzene rings is 1. The third-order valence-corrected chi connectivity index (χ3v) is 6.55. The first-order chi connectivity index (χ1) is 14.8. The number of hydrogen-bond acceptors (Lipinski definition) is 6. The molecule has 9 heteroatoms. The second kappa shape index (κ2) is 7.99. The summed E-state index contributed by atoms with van der Waals surface area (Å²) in [5.41, 5.74) is 3.55. The molecule has 8 nitrogen and oxygen atoms in total. The summed E-state index contributed by atoms with van der Waals surface area (Å²) in [6.07, 6.45) is 5.43. The normalized spacial score (nSPS) is 13.6. The van der Waals surface area contributed by atoms with Crippen LogP contribution in [0.2, 0.25) is 0 Å². The van der Waals surface area contributed by atoms with E-state index in [1.54, 1.807) is 29.1 Å². The highest BCUT2D eigenvalue weighted by atomic mass is 32.2. The molecule has 0 spiro atoms. The van der Waals surface area contributed by atoms with Crippen LogP contribution in [-0.2, 0) is 28.3 Å². The maximum absolute atomic E-state index is 12.5. The SMILES string of the molecule is Cc1ccc(S(=O)(=O)NC(=O)/C=C/c2c(C)nn(C)c2N2CCc3cccnc32)cc1. The molecule has 0 radical (unpaired) electrons. The molecule has 0 fully saturated rings. The van der Waals surface area contributed by atoms with Crippen LogP contribution in [0.25, 0.3) is 6.08 Å². The van der Waals surface area contributed by atoms with E-state index in [1.165, 1.54) is 18.2 Å². The highest BCUT2D eigenvalue weighted by molar-refractivity contribution is 7.90. The lowest BCUT2D eigenvalue weighted by molar-refractivity contribution is -0.114. The number of anilines is 2. The van der Waals surface area contributed by atoms with Crippen molar-refractivity contribution < 1.29 is 13.2 Å².